The van der Waals surface area contributed by atoms with Crippen molar-refractivity contribution in [3.63, 3.8) is 0 Å². The summed E-state index contributed by atoms with van der Waals surface area (Å²) in [5.41, 5.74) is -0.122. The molecule has 1 fully saturated rings. The van der Waals surface area contributed by atoms with Gasteiger partial charge in [0.15, 0.2) is 11.0 Å². The molecule has 1 N–H and O–H groups in total. The van der Waals surface area contributed by atoms with Crippen LogP contribution in [0.4, 0.5) is 4.39 Å². The number of H-pyrrole nitrogens is 1. The summed E-state index contributed by atoms with van der Waals surface area (Å²) in [6.07, 6.45) is 0.789. The zero-order valence-corrected chi connectivity index (χ0v) is 11.4. The molecule has 2 aromatic rings. The standard InChI is InChI=1S/C11H10ClFN6O2/c12-9-8(13)6(1-2-14-9)11(20)19-3-4-21-7(5-19)10-15-17-18-16-10/h1-2,7H,3-5H2,(H,15,16,17,18). The lowest BCUT2D eigenvalue weighted by molar-refractivity contribution is -0.0269. The van der Waals surface area contributed by atoms with E-state index >= 15 is 0 Å². The predicted octanol–water partition coefficient (Wildman–Crippen LogP) is 0.601. The molecule has 1 aliphatic rings. The molecule has 0 spiro atoms. The number of rotatable bonds is 2. The zero-order chi connectivity index (χ0) is 14.8. The van der Waals surface area contributed by atoms with Crippen LogP contribution in [0.3, 0.4) is 0 Å². The number of carbonyl (C=O) groups is 1. The first-order valence-electron chi connectivity index (χ1n) is 6.11. The van der Waals surface area contributed by atoms with E-state index in [9.17, 15) is 9.18 Å². The lowest BCUT2D eigenvalue weighted by Crippen LogP contribution is -2.42. The fraction of sp³-hybridized carbons (Fsp3) is 0.364. The number of hydrogen-bond acceptors (Lipinski definition) is 6. The van der Waals surface area contributed by atoms with E-state index in [1.54, 1.807) is 0 Å². The molecule has 3 rings (SSSR count). The highest BCUT2D eigenvalue weighted by atomic mass is 35.5. The van der Waals surface area contributed by atoms with Crippen LogP contribution in [0.2, 0.25) is 5.15 Å². The highest BCUT2D eigenvalue weighted by Crippen LogP contribution is 2.22. The van der Waals surface area contributed by atoms with Gasteiger partial charge in [0, 0.05) is 12.7 Å². The van der Waals surface area contributed by atoms with Crippen molar-refractivity contribution in [3.05, 3.63) is 34.6 Å². The monoisotopic (exact) mass is 312 g/mol. The van der Waals surface area contributed by atoms with Crippen LogP contribution in [0, 0.1) is 5.82 Å². The Labute approximate surface area is 123 Å². The van der Waals surface area contributed by atoms with Crippen LogP contribution in [0.5, 0.6) is 0 Å². The fourth-order valence-electron chi connectivity index (χ4n) is 2.05. The smallest absolute Gasteiger partial charge is 0.257 e. The Morgan fingerprint density at radius 1 is 1.57 bits per heavy atom. The SMILES string of the molecule is O=C(c1ccnc(Cl)c1F)N1CCOC(c2nn[nH]n2)C1. The molecule has 0 aliphatic carbocycles. The number of nitrogens with zero attached hydrogens (tertiary/aromatic N) is 5. The summed E-state index contributed by atoms with van der Waals surface area (Å²) >= 11 is 5.59. The van der Waals surface area contributed by atoms with Crippen LogP contribution in [0.15, 0.2) is 12.3 Å². The Kier molecular flexibility index (Phi) is 3.76. The van der Waals surface area contributed by atoms with Gasteiger partial charge in [-0.15, -0.1) is 10.2 Å². The highest BCUT2D eigenvalue weighted by molar-refractivity contribution is 6.29. The first-order valence-corrected chi connectivity index (χ1v) is 6.49. The second kappa shape index (κ2) is 5.70. The van der Waals surface area contributed by atoms with E-state index in [2.05, 4.69) is 25.6 Å². The summed E-state index contributed by atoms with van der Waals surface area (Å²) < 4.78 is 19.3. The van der Waals surface area contributed by atoms with Gasteiger partial charge in [0.05, 0.1) is 18.7 Å². The van der Waals surface area contributed by atoms with Crippen molar-refractivity contribution in [3.8, 4) is 0 Å². The predicted molar refractivity (Wildman–Crippen MR) is 68.0 cm³/mol. The van der Waals surface area contributed by atoms with Crippen molar-refractivity contribution in [1.82, 2.24) is 30.5 Å². The summed E-state index contributed by atoms with van der Waals surface area (Å²) in [7, 11) is 0. The Hall–Kier alpha value is -2.13. The van der Waals surface area contributed by atoms with Crippen LogP contribution in [0.1, 0.15) is 22.3 Å². The summed E-state index contributed by atoms with van der Waals surface area (Å²) in [5, 5.41) is 13.1. The topological polar surface area (TPSA) is 96.9 Å². The second-order valence-corrected chi connectivity index (χ2v) is 4.70. The van der Waals surface area contributed by atoms with Crippen LogP contribution in [0.25, 0.3) is 0 Å². The number of pyridine rings is 1. The second-order valence-electron chi connectivity index (χ2n) is 4.34. The molecule has 110 valence electrons. The van der Waals surface area contributed by atoms with Crippen molar-refractivity contribution in [1.29, 1.82) is 0 Å². The van der Waals surface area contributed by atoms with E-state index in [1.807, 2.05) is 0 Å². The quantitative estimate of drug-likeness (QED) is 0.816. The van der Waals surface area contributed by atoms with Gasteiger partial charge in [-0.1, -0.05) is 16.8 Å². The average molecular weight is 313 g/mol. The van der Waals surface area contributed by atoms with Crippen molar-refractivity contribution in [2.45, 2.75) is 6.10 Å². The van der Waals surface area contributed by atoms with Gasteiger partial charge in [0.1, 0.15) is 6.10 Å². The number of hydrogen-bond donors (Lipinski definition) is 1. The minimum atomic E-state index is -0.827. The molecule has 1 amide bonds. The maximum Gasteiger partial charge on any atom is 0.257 e. The summed E-state index contributed by atoms with van der Waals surface area (Å²) in [4.78, 5) is 17.4. The third kappa shape index (κ3) is 2.69. The van der Waals surface area contributed by atoms with E-state index in [0.29, 0.717) is 19.0 Å². The lowest BCUT2D eigenvalue weighted by Gasteiger charge is -2.31. The minimum absolute atomic E-state index is 0.122. The maximum atomic E-state index is 13.9. The van der Waals surface area contributed by atoms with Crippen molar-refractivity contribution in [2.75, 3.05) is 19.7 Å². The molecule has 1 unspecified atom stereocenters. The molecule has 3 heterocycles. The van der Waals surface area contributed by atoms with Gasteiger partial charge < -0.3 is 9.64 Å². The minimum Gasteiger partial charge on any atom is -0.366 e. The van der Waals surface area contributed by atoms with Crippen LogP contribution in [-0.4, -0.2) is 56.1 Å². The number of aromatic nitrogens is 5. The summed E-state index contributed by atoms with van der Waals surface area (Å²) in [5.74, 6) is -0.957. The normalized spacial score (nSPS) is 18.8. The molecule has 1 saturated heterocycles. The molecule has 0 radical (unpaired) electrons. The van der Waals surface area contributed by atoms with Gasteiger partial charge >= 0.3 is 0 Å². The number of ether oxygens (including phenoxy) is 1. The molecule has 1 atom stereocenters. The van der Waals surface area contributed by atoms with E-state index in [-0.39, 0.29) is 17.3 Å². The third-order valence-electron chi connectivity index (χ3n) is 3.08. The number of nitrogens with one attached hydrogen (secondary N) is 1. The Bertz CT molecular complexity index is 652. The molecule has 8 nitrogen and oxygen atoms in total. The molecule has 21 heavy (non-hydrogen) atoms. The van der Waals surface area contributed by atoms with Crippen molar-refractivity contribution in [2.24, 2.45) is 0 Å². The van der Waals surface area contributed by atoms with Gasteiger partial charge in [0.25, 0.3) is 5.91 Å². The van der Waals surface area contributed by atoms with Gasteiger partial charge in [-0.25, -0.2) is 9.37 Å². The molecule has 0 saturated carbocycles. The van der Waals surface area contributed by atoms with Crippen LogP contribution >= 0.6 is 11.6 Å². The molecular weight excluding hydrogens is 303 g/mol. The fourth-order valence-corrected chi connectivity index (χ4v) is 2.21. The average Bonchev–Trinajstić information content (AvgIpc) is 3.04. The first kappa shape index (κ1) is 13.8. The largest absolute Gasteiger partial charge is 0.366 e. The van der Waals surface area contributed by atoms with Gasteiger partial charge in [0.2, 0.25) is 5.82 Å². The Morgan fingerprint density at radius 2 is 2.43 bits per heavy atom. The zero-order valence-electron chi connectivity index (χ0n) is 10.7. The molecule has 0 aromatic carbocycles. The van der Waals surface area contributed by atoms with E-state index in [0.717, 1.165) is 0 Å². The number of morpholine rings is 1. The van der Waals surface area contributed by atoms with E-state index in [4.69, 9.17) is 16.3 Å². The van der Waals surface area contributed by atoms with Gasteiger partial charge in [-0.3, -0.25) is 4.79 Å². The van der Waals surface area contributed by atoms with E-state index < -0.39 is 17.8 Å². The number of carbonyl (C=O) groups excluding carboxylic acids is 1. The molecule has 2 aromatic heterocycles. The number of amides is 1. The van der Waals surface area contributed by atoms with Gasteiger partial charge in [-0.05, 0) is 6.07 Å². The summed E-state index contributed by atoms with van der Waals surface area (Å²) in [6, 6.07) is 1.29. The Morgan fingerprint density at radius 3 is 3.19 bits per heavy atom. The first-order chi connectivity index (χ1) is 10.2. The molecular formula is C11H10ClFN6O2. The third-order valence-corrected chi connectivity index (χ3v) is 3.34. The lowest BCUT2D eigenvalue weighted by atomic mass is 10.2. The molecule has 10 heteroatoms. The van der Waals surface area contributed by atoms with Gasteiger partial charge in [-0.2, -0.15) is 5.21 Å². The van der Waals surface area contributed by atoms with E-state index in [1.165, 1.54) is 17.2 Å². The molecule has 0 bridgehead atoms. The number of aromatic amines is 1. The van der Waals surface area contributed by atoms with Crippen molar-refractivity contribution < 1.29 is 13.9 Å². The summed E-state index contributed by atoms with van der Waals surface area (Å²) in [6.45, 7) is 0.843. The number of tetrazole rings is 1. The van der Waals surface area contributed by atoms with Crippen LogP contribution in [-0.2, 0) is 4.74 Å². The maximum absolute atomic E-state index is 13.9. The Balaban J connectivity index is 1.80. The highest BCUT2D eigenvalue weighted by Gasteiger charge is 2.30. The van der Waals surface area contributed by atoms with Crippen LogP contribution < -0.4 is 0 Å². The van der Waals surface area contributed by atoms with Crippen molar-refractivity contribution >= 4 is 17.5 Å². The number of halogens is 2. The molecule has 1 aliphatic heterocycles.